The van der Waals surface area contributed by atoms with Gasteiger partial charge in [0.15, 0.2) is 0 Å². The lowest BCUT2D eigenvalue weighted by molar-refractivity contribution is -0.385. The maximum absolute atomic E-state index is 13.0. The summed E-state index contributed by atoms with van der Waals surface area (Å²) >= 11 is 5.80. The lowest BCUT2D eigenvalue weighted by atomic mass is 10.1. The Morgan fingerprint density at radius 3 is 2.21 bits per heavy atom. The number of amides is 1. The van der Waals surface area contributed by atoms with Crippen LogP contribution in [-0.4, -0.2) is 21.7 Å². The maximum Gasteiger partial charge on any atom is 0.339 e. The lowest BCUT2D eigenvalue weighted by Crippen LogP contribution is -2.26. The number of esters is 1. The highest BCUT2D eigenvalue weighted by Gasteiger charge is 2.27. The molecule has 168 valence electrons. The Bertz CT molecular complexity index is 1250. The van der Waals surface area contributed by atoms with Gasteiger partial charge in [0.2, 0.25) is 6.10 Å². The molecule has 1 unspecified atom stereocenters. The highest BCUT2D eigenvalue weighted by atomic mass is 35.5. The molecule has 1 atom stereocenters. The molecular formula is C22H16ClN3O7. The fourth-order valence-corrected chi connectivity index (χ4v) is 3.19. The number of rotatable bonds is 7. The van der Waals surface area contributed by atoms with Gasteiger partial charge in [-0.25, -0.2) is 4.79 Å². The largest absolute Gasteiger partial charge is 0.444 e. The first-order valence-corrected chi connectivity index (χ1v) is 9.81. The number of anilines is 1. The van der Waals surface area contributed by atoms with E-state index < -0.39 is 33.5 Å². The molecule has 1 N–H and O–H groups in total. The Kier molecular flexibility index (Phi) is 6.99. The number of carbonyl (C=O) groups excluding carboxylic acids is 2. The van der Waals surface area contributed by atoms with Crippen LogP contribution in [0.5, 0.6) is 0 Å². The first-order chi connectivity index (χ1) is 15.7. The molecule has 0 heterocycles. The van der Waals surface area contributed by atoms with E-state index in [0.29, 0.717) is 5.56 Å². The molecule has 0 bridgehead atoms. The third kappa shape index (κ3) is 5.49. The molecule has 1 amide bonds. The Hall–Kier alpha value is -4.31. The second-order valence-electron chi connectivity index (χ2n) is 6.87. The molecule has 10 nitrogen and oxygen atoms in total. The molecule has 33 heavy (non-hydrogen) atoms. The summed E-state index contributed by atoms with van der Waals surface area (Å²) in [5, 5.41) is 24.5. The predicted octanol–water partition coefficient (Wildman–Crippen LogP) is 5.00. The molecule has 0 aromatic heterocycles. The van der Waals surface area contributed by atoms with Crippen molar-refractivity contribution in [3.05, 3.63) is 109 Å². The van der Waals surface area contributed by atoms with Gasteiger partial charge in [-0.2, -0.15) is 0 Å². The standard InChI is InChI=1S/C22H16ClN3O7/c1-13-11-15(7-10-18(13)25(29)30)22(28)33-20(14-5-3-2-4-6-14)21(27)24-16-8-9-17(23)19(12-16)26(31)32/h2-12,20H,1H3,(H,24,27). The highest BCUT2D eigenvalue weighted by Crippen LogP contribution is 2.29. The van der Waals surface area contributed by atoms with Gasteiger partial charge in [-0.15, -0.1) is 0 Å². The smallest absolute Gasteiger partial charge is 0.339 e. The number of nitrogens with zero attached hydrogens (tertiary/aromatic N) is 2. The van der Waals surface area contributed by atoms with Gasteiger partial charge in [0, 0.05) is 28.9 Å². The van der Waals surface area contributed by atoms with Crippen LogP contribution in [0.2, 0.25) is 5.02 Å². The average Bonchev–Trinajstić information content (AvgIpc) is 2.78. The second-order valence-corrected chi connectivity index (χ2v) is 7.27. The molecule has 0 aliphatic heterocycles. The molecular weight excluding hydrogens is 454 g/mol. The number of nitrogens with one attached hydrogen (secondary N) is 1. The second kappa shape index (κ2) is 9.88. The minimum atomic E-state index is -1.40. The fourth-order valence-electron chi connectivity index (χ4n) is 3.00. The maximum atomic E-state index is 13.0. The first-order valence-electron chi connectivity index (χ1n) is 9.43. The van der Waals surface area contributed by atoms with Gasteiger partial charge >= 0.3 is 5.97 Å². The number of nitro groups is 2. The number of hydrogen-bond acceptors (Lipinski definition) is 7. The molecule has 0 fully saturated rings. The number of ether oxygens (including phenoxy) is 1. The summed E-state index contributed by atoms with van der Waals surface area (Å²) in [4.78, 5) is 46.5. The van der Waals surface area contributed by atoms with Crippen LogP contribution in [0.4, 0.5) is 17.1 Å². The van der Waals surface area contributed by atoms with Crippen LogP contribution in [0.1, 0.15) is 27.6 Å². The Labute approximate surface area is 192 Å². The minimum Gasteiger partial charge on any atom is -0.444 e. The van der Waals surface area contributed by atoms with E-state index in [1.54, 1.807) is 30.3 Å². The van der Waals surface area contributed by atoms with Crippen molar-refractivity contribution >= 4 is 40.5 Å². The monoisotopic (exact) mass is 469 g/mol. The molecule has 0 aliphatic rings. The summed E-state index contributed by atoms with van der Waals surface area (Å²) in [5.74, 6) is -1.64. The number of benzene rings is 3. The zero-order valence-electron chi connectivity index (χ0n) is 17.1. The van der Waals surface area contributed by atoms with Gasteiger partial charge in [0.05, 0.1) is 15.4 Å². The molecule has 3 aromatic carbocycles. The Morgan fingerprint density at radius 1 is 0.939 bits per heavy atom. The van der Waals surface area contributed by atoms with Crippen LogP contribution in [0, 0.1) is 27.2 Å². The zero-order chi connectivity index (χ0) is 24.1. The minimum absolute atomic E-state index is 0.0222. The van der Waals surface area contributed by atoms with Crippen molar-refractivity contribution in [2.75, 3.05) is 5.32 Å². The van der Waals surface area contributed by atoms with E-state index in [1.807, 2.05) is 0 Å². The number of aryl methyl sites for hydroxylation is 1. The normalized spacial score (nSPS) is 11.3. The Morgan fingerprint density at radius 2 is 1.61 bits per heavy atom. The van der Waals surface area contributed by atoms with Gasteiger partial charge in [0.25, 0.3) is 17.3 Å². The summed E-state index contributed by atoms with van der Waals surface area (Å²) in [7, 11) is 0. The van der Waals surface area contributed by atoms with Gasteiger partial charge in [0.1, 0.15) is 5.02 Å². The third-order valence-corrected chi connectivity index (χ3v) is 4.92. The van der Waals surface area contributed by atoms with E-state index in [2.05, 4.69) is 5.32 Å². The van der Waals surface area contributed by atoms with Crippen molar-refractivity contribution < 1.29 is 24.2 Å². The van der Waals surface area contributed by atoms with E-state index in [1.165, 1.54) is 37.3 Å². The molecule has 0 radical (unpaired) electrons. The van der Waals surface area contributed by atoms with Crippen molar-refractivity contribution in [1.82, 2.24) is 0 Å². The average molecular weight is 470 g/mol. The third-order valence-electron chi connectivity index (χ3n) is 4.60. The lowest BCUT2D eigenvalue weighted by Gasteiger charge is -2.18. The van der Waals surface area contributed by atoms with Crippen LogP contribution in [0.15, 0.2) is 66.7 Å². The van der Waals surface area contributed by atoms with E-state index >= 15 is 0 Å². The van der Waals surface area contributed by atoms with Gasteiger partial charge in [-0.3, -0.25) is 25.0 Å². The van der Waals surface area contributed by atoms with Crippen molar-refractivity contribution in [2.24, 2.45) is 0 Å². The summed E-state index contributed by atoms with van der Waals surface area (Å²) in [6, 6.07) is 15.6. The summed E-state index contributed by atoms with van der Waals surface area (Å²) in [6.45, 7) is 1.48. The van der Waals surface area contributed by atoms with Crippen molar-refractivity contribution in [3.63, 3.8) is 0 Å². The number of carbonyl (C=O) groups is 2. The van der Waals surface area contributed by atoms with Crippen LogP contribution >= 0.6 is 11.6 Å². The van der Waals surface area contributed by atoms with Crippen molar-refractivity contribution in [3.8, 4) is 0 Å². The molecule has 3 rings (SSSR count). The predicted molar refractivity (Wildman–Crippen MR) is 119 cm³/mol. The van der Waals surface area contributed by atoms with Crippen LogP contribution < -0.4 is 5.32 Å². The number of halogens is 1. The first kappa shape index (κ1) is 23.4. The summed E-state index contributed by atoms with van der Waals surface area (Å²) in [5.41, 5.74) is 0.152. The van der Waals surface area contributed by atoms with Crippen LogP contribution in [0.3, 0.4) is 0 Å². The van der Waals surface area contributed by atoms with E-state index in [0.717, 1.165) is 6.07 Å². The topological polar surface area (TPSA) is 142 Å². The number of nitro benzene ring substituents is 2. The molecule has 0 aliphatic carbocycles. The Balaban J connectivity index is 1.88. The number of hydrogen-bond donors (Lipinski definition) is 1. The van der Waals surface area contributed by atoms with Gasteiger partial charge in [-0.05, 0) is 31.2 Å². The van der Waals surface area contributed by atoms with Gasteiger partial charge in [-0.1, -0.05) is 41.9 Å². The van der Waals surface area contributed by atoms with Crippen molar-refractivity contribution in [1.29, 1.82) is 0 Å². The molecule has 3 aromatic rings. The quantitative estimate of drug-likeness (QED) is 0.291. The highest BCUT2D eigenvalue weighted by molar-refractivity contribution is 6.32. The van der Waals surface area contributed by atoms with Crippen LogP contribution in [0.25, 0.3) is 0 Å². The summed E-state index contributed by atoms with van der Waals surface area (Å²) in [6.07, 6.45) is -1.40. The fraction of sp³-hybridized carbons (Fsp3) is 0.0909. The summed E-state index contributed by atoms with van der Waals surface area (Å²) < 4.78 is 5.43. The molecule has 0 saturated carbocycles. The SMILES string of the molecule is Cc1cc(C(=O)OC(C(=O)Nc2ccc(Cl)c([N+](=O)[O-])c2)c2ccccc2)ccc1[N+](=O)[O-]. The van der Waals surface area contributed by atoms with Gasteiger partial charge < -0.3 is 10.1 Å². The van der Waals surface area contributed by atoms with Crippen LogP contribution in [-0.2, 0) is 9.53 Å². The molecule has 11 heteroatoms. The molecule has 0 saturated heterocycles. The van der Waals surface area contributed by atoms with Crippen molar-refractivity contribution in [2.45, 2.75) is 13.0 Å². The molecule has 0 spiro atoms. The van der Waals surface area contributed by atoms with E-state index in [4.69, 9.17) is 16.3 Å². The zero-order valence-corrected chi connectivity index (χ0v) is 17.8. The van der Waals surface area contributed by atoms with E-state index in [9.17, 15) is 29.8 Å². The van der Waals surface area contributed by atoms with E-state index in [-0.39, 0.29) is 27.5 Å².